The molecule has 0 radical (unpaired) electrons. The number of aliphatic hydroxyl groups is 1. The van der Waals surface area contributed by atoms with E-state index in [0.717, 1.165) is 0 Å². The highest BCUT2D eigenvalue weighted by Gasteiger charge is 1.53. The molecule has 0 atom stereocenters. The fraction of sp³-hybridized carbons (Fsp3) is 0.333. The topological polar surface area (TPSA) is 20.2 Å². The number of allylic oxidation sites excluding steroid dienone is 1. The van der Waals surface area contributed by atoms with Crippen LogP contribution in [-0.2, 0) is 0 Å². The third kappa shape index (κ3) is 2.12. The van der Waals surface area contributed by atoms with Gasteiger partial charge in [0.2, 0.25) is 0 Å². The maximum absolute atomic E-state index is 7.86. The van der Waals surface area contributed by atoms with Gasteiger partial charge in [0.1, 0.15) is 0 Å². The zero-order chi connectivity index (χ0) is 3.58. The predicted molar refractivity (Wildman–Crippen MR) is 17.4 cm³/mol. The van der Waals surface area contributed by atoms with Crippen molar-refractivity contribution in [3.8, 4) is 0 Å². The van der Waals surface area contributed by atoms with E-state index in [1.165, 1.54) is 6.92 Å². The van der Waals surface area contributed by atoms with Gasteiger partial charge < -0.3 is 5.11 Å². The van der Waals surface area contributed by atoms with Crippen molar-refractivity contribution >= 4 is 0 Å². The first-order valence-electron chi connectivity index (χ1n) is 1.08. The van der Waals surface area contributed by atoms with Crippen LogP contribution in [0.5, 0.6) is 0 Å². The van der Waals surface area contributed by atoms with Crippen molar-refractivity contribution in [3.63, 3.8) is 0 Å². The molecule has 0 saturated heterocycles. The molecule has 0 aromatic carbocycles. The second kappa shape index (κ2) is 0.934. The third-order valence-corrected chi connectivity index (χ3v) is 0. The van der Waals surface area contributed by atoms with E-state index >= 15 is 0 Å². The van der Waals surface area contributed by atoms with Crippen LogP contribution in [0.3, 0.4) is 0 Å². The molecule has 0 aliphatic rings. The summed E-state index contributed by atoms with van der Waals surface area (Å²) in [6.45, 7) is 4.64. The van der Waals surface area contributed by atoms with Crippen LogP contribution in [0.1, 0.15) is 6.92 Å². The molecular formula is C3H6O. The van der Waals surface area contributed by atoms with E-state index in [1.54, 1.807) is 0 Å². The van der Waals surface area contributed by atoms with Crippen molar-refractivity contribution in [1.29, 1.82) is 0 Å². The van der Waals surface area contributed by atoms with E-state index in [9.17, 15) is 0 Å². The van der Waals surface area contributed by atoms with Gasteiger partial charge in [-0.15, -0.1) is 0 Å². The molecule has 0 fully saturated rings. The summed E-state index contributed by atoms with van der Waals surface area (Å²) in [6, 6.07) is 0. The molecular weight excluding hydrogens is 52.0 g/mol. The standard InChI is InChI=1S/C3H6O/c1-3(2)4/h4H,1H2,2H3. The molecule has 0 aromatic heterocycles. The first kappa shape index (κ1) is 3.54. The van der Waals surface area contributed by atoms with Crippen LogP contribution in [0.25, 0.3) is 0 Å². The lowest BCUT2D eigenvalue weighted by Gasteiger charge is -1.68. The van der Waals surface area contributed by atoms with Crippen LogP contribution in [0.15, 0.2) is 12.3 Å². The SMILES string of the molecule is C=C(C)O. The lowest BCUT2D eigenvalue weighted by atomic mass is 10.7. The maximum atomic E-state index is 7.86. The number of hydrogen-bond acceptors (Lipinski definition) is 1. The molecule has 0 rings (SSSR count). The Morgan fingerprint density at radius 3 is 2.00 bits per heavy atom. The normalized spacial score (nSPS) is 6.25. The van der Waals surface area contributed by atoms with Crippen molar-refractivity contribution in [3.05, 3.63) is 12.3 Å². The molecule has 24 valence electrons. The van der Waals surface area contributed by atoms with Gasteiger partial charge in [-0.05, 0) is 6.92 Å². The van der Waals surface area contributed by atoms with Crippen LogP contribution in [0.4, 0.5) is 0 Å². The molecule has 1 N–H and O–H groups in total. The lowest BCUT2D eigenvalue weighted by Crippen LogP contribution is -1.54. The number of rotatable bonds is 0. The fourth-order valence-corrected chi connectivity index (χ4v) is 0. The quantitative estimate of drug-likeness (QED) is 0.413. The molecule has 0 aliphatic heterocycles. The van der Waals surface area contributed by atoms with Crippen molar-refractivity contribution in [2.45, 2.75) is 6.92 Å². The summed E-state index contributed by atoms with van der Waals surface area (Å²) in [5.74, 6) is 0.167. The van der Waals surface area contributed by atoms with Gasteiger partial charge in [-0.3, -0.25) is 0 Å². The smallest absolute Gasteiger partial charge is 0.0820 e. The molecule has 0 unspecified atom stereocenters. The van der Waals surface area contributed by atoms with Crippen molar-refractivity contribution in [2.24, 2.45) is 0 Å². The molecule has 0 amide bonds. The molecule has 1 heteroatoms. The van der Waals surface area contributed by atoms with Crippen LogP contribution in [-0.4, -0.2) is 5.11 Å². The molecule has 0 bridgehead atoms. The Morgan fingerprint density at radius 1 is 2.00 bits per heavy atom. The molecule has 1 nitrogen and oxygen atoms in total. The third-order valence-electron chi connectivity index (χ3n) is 0. The summed E-state index contributed by atoms with van der Waals surface area (Å²) in [5.41, 5.74) is 0. The van der Waals surface area contributed by atoms with Crippen LogP contribution in [0, 0.1) is 0 Å². The Kier molecular flexibility index (Phi) is 0.826. The Hall–Kier alpha value is -0.460. The monoisotopic (exact) mass is 58.0 g/mol. The van der Waals surface area contributed by atoms with Gasteiger partial charge in [0.15, 0.2) is 0 Å². The molecule has 4 heavy (non-hydrogen) atoms. The van der Waals surface area contributed by atoms with E-state index in [1.807, 2.05) is 0 Å². The predicted octanol–water partition coefficient (Wildman–Crippen LogP) is 1.08. The van der Waals surface area contributed by atoms with E-state index in [0.29, 0.717) is 0 Å². The van der Waals surface area contributed by atoms with Gasteiger partial charge in [-0.25, -0.2) is 0 Å². The van der Waals surface area contributed by atoms with Crippen molar-refractivity contribution in [2.75, 3.05) is 0 Å². The Labute approximate surface area is 25.6 Å². The van der Waals surface area contributed by atoms with Gasteiger partial charge in [-0.1, -0.05) is 6.58 Å². The molecule has 0 aromatic rings. The fourth-order valence-electron chi connectivity index (χ4n) is 0. The summed E-state index contributed by atoms with van der Waals surface area (Å²) in [4.78, 5) is 0. The van der Waals surface area contributed by atoms with E-state index in [-0.39, 0.29) is 5.76 Å². The molecule has 0 heterocycles. The summed E-state index contributed by atoms with van der Waals surface area (Å²) < 4.78 is 0. The van der Waals surface area contributed by atoms with Gasteiger partial charge in [0.05, 0.1) is 5.76 Å². The van der Waals surface area contributed by atoms with Gasteiger partial charge in [0, 0.05) is 0 Å². The minimum atomic E-state index is 0.167. The first-order valence-corrected chi connectivity index (χ1v) is 1.08. The highest BCUT2D eigenvalue weighted by Crippen LogP contribution is 1.66. The Bertz CT molecular complexity index is 26.3. The summed E-state index contributed by atoms with van der Waals surface area (Å²) in [7, 11) is 0. The lowest BCUT2D eigenvalue weighted by molar-refractivity contribution is 0.417. The molecule has 0 aliphatic carbocycles. The van der Waals surface area contributed by atoms with E-state index in [2.05, 4.69) is 6.58 Å². The zero-order valence-electron chi connectivity index (χ0n) is 2.65. The molecule has 0 saturated carbocycles. The Morgan fingerprint density at radius 2 is 2.00 bits per heavy atom. The minimum absolute atomic E-state index is 0.167. The summed E-state index contributed by atoms with van der Waals surface area (Å²) >= 11 is 0. The average Bonchev–Trinajstić information content (AvgIpc) is 0.811. The second-order valence-electron chi connectivity index (χ2n) is 0.735. The van der Waals surface area contributed by atoms with Gasteiger partial charge in [0.25, 0.3) is 0 Å². The number of hydrogen-bond donors (Lipinski definition) is 1. The highest BCUT2D eigenvalue weighted by molar-refractivity contribution is 4.67. The largest absolute Gasteiger partial charge is 0.513 e. The van der Waals surface area contributed by atoms with Crippen molar-refractivity contribution in [1.82, 2.24) is 0 Å². The number of aliphatic hydroxyl groups excluding tert-OH is 1. The Balaban J connectivity index is 2.80. The van der Waals surface area contributed by atoms with Gasteiger partial charge in [-0.2, -0.15) is 0 Å². The van der Waals surface area contributed by atoms with Crippen LogP contribution < -0.4 is 0 Å². The maximum Gasteiger partial charge on any atom is 0.0820 e. The van der Waals surface area contributed by atoms with E-state index in [4.69, 9.17) is 5.11 Å². The minimum Gasteiger partial charge on any atom is -0.513 e. The average molecular weight is 58.1 g/mol. The zero-order valence-corrected chi connectivity index (χ0v) is 2.65. The summed E-state index contributed by atoms with van der Waals surface area (Å²) in [6.07, 6.45) is 0. The van der Waals surface area contributed by atoms with Crippen LogP contribution >= 0.6 is 0 Å². The highest BCUT2D eigenvalue weighted by atomic mass is 16.3. The van der Waals surface area contributed by atoms with E-state index < -0.39 is 0 Å². The van der Waals surface area contributed by atoms with Crippen LogP contribution in [0.2, 0.25) is 0 Å². The second-order valence-corrected chi connectivity index (χ2v) is 0.735. The summed E-state index contributed by atoms with van der Waals surface area (Å²) in [5, 5.41) is 7.86. The van der Waals surface area contributed by atoms with Crippen molar-refractivity contribution < 1.29 is 5.11 Å². The van der Waals surface area contributed by atoms with Gasteiger partial charge >= 0.3 is 0 Å². The first-order chi connectivity index (χ1) is 1.73. The molecule has 0 spiro atoms.